The van der Waals surface area contributed by atoms with Crippen LogP contribution in [0.3, 0.4) is 0 Å². The molecule has 3 heteroatoms. The van der Waals surface area contributed by atoms with Gasteiger partial charge in [-0.25, -0.2) is 0 Å². The molecule has 0 aromatic heterocycles. The van der Waals surface area contributed by atoms with E-state index in [1.165, 1.54) is 90.0 Å². The summed E-state index contributed by atoms with van der Waals surface area (Å²) in [6.07, 6.45) is 18.6. The Balaban J connectivity index is 1.51. The first-order chi connectivity index (χ1) is 11.8. The van der Waals surface area contributed by atoms with Crippen LogP contribution in [0.1, 0.15) is 89.9 Å². The number of amides is 1. The lowest BCUT2D eigenvalue weighted by Gasteiger charge is -2.34. The SMILES string of the molecule is O=C(NCC1CCCCC1)C1CCCCCN1CC1CCCCC1. The van der Waals surface area contributed by atoms with Crippen LogP contribution in [-0.2, 0) is 4.79 Å². The predicted molar refractivity (Wildman–Crippen MR) is 100.0 cm³/mol. The monoisotopic (exact) mass is 334 g/mol. The van der Waals surface area contributed by atoms with Crippen LogP contribution in [0.4, 0.5) is 0 Å². The summed E-state index contributed by atoms with van der Waals surface area (Å²) in [5.41, 5.74) is 0. The van der Waals surface area contributed by atoms with E-state index in [2.05, 4.69) is 10.2 Å². The lowest BCUT2D eigenvalue weighted by molar-refractivity contribution is -0.127. The minimum Gasteiger partial charge on any atom is -0.354 e. The highest BCUT2D eigenvalue weighted by Crippen LogP contribution is 2.27. The van der Waals surface area contributed by atoms with Gasteiger partial charge in [0.1, 0.15) is 0 Å². The van der Waals surface area contributed by atoms with Gasteiger partial charge in [0.25, 0.3) is 0 Å². The number of carbonyl (C=O) groups is 1. The first-order valence-corrected chi connectivity index (χ1v) is 10.8. The van der Waals surface area contributed by atoms with E-state index < -0.39 is 0 Å². The van der Waals surface area contributed by atoms with Gasteiger partial charge in [0.2, 0.25) is 5.91 Å². The molecule has 3 rings (SSSR count). The fourth-order valence-electron chi connectivity index (χ4n) is 5.14. The molecule has 0 radical (unpaired) electrons. The van der Waals surface area contributed by atoms with Crippen molar-refractivity contribution < 1.29 is 4.79 Å². The van der Waals surface area contributed by atoms with Crippen LogP contribution in [0.5, 0.6) is 0 Å². The maximum absolute atomic E-state index is 12.9. The van der Waals surface area contributed by atoms with Crippen molar-refractivity contribution in [3.05, 3.63) is 0 Å². The Kier molecular flexibility index (Phi) is 7.44. The van der Waals surface area contributed by atoms with Crippen molar-refractivity contribution in [1.82, 2.24) is 10.2 Å². The fourth-order valence-corrected chi connectivity index (χ4v) is 5.14. The molecule has 3 nitrogen and oxygen atoms in total. The predicted octanol–water partition coefficient (Wildman–Crippen LogP) is 4.51. The van der Waals surface area contributed by atoms with E-state index in [9.17, 15) is 4.79 Å². The van der Waals surface area contributed by atoms with Gasteiger partial charge < -0.3 is 5.32 Å². The molecule has 0 spiro atoms. The third-order valence-electron chi connectivity index (χ3n) is 6.67. The number of nitrogens with zero attached hydrogens (tertiary/aromatic N) is 1. The molecular formula is C21H38N2O. The van der Waals surface area contributed by atoms with Crippen molar-refractivity contribution in [2.75, 3.05) is 19.6 Å². The summed E-state index contributed by atoms with van der Waals surface area (Å²) in [6, 6.07) is 0.151. The van der Waals surface area contributed by atoms with Crippen LogP contribution in [0.2, 0.25) is 0 Å². The zero-order chi connectivity index (χ0) is 16.6. The summed E-state index contributed by atoms with van der Waals surface area (Å²) in [6.45, 7) is 3.23. The Morgan fingerprint density at radius 3 is 2.04 bits per heavy atom. The van der Waals surface area contributed by atoms with Crippen LogP contribution in [0.15, 0.2) is 0 Å². The second kappa shape index (κ2) is 9.79. The van der Waals surface area contributed by atoms with Crippen LogP contribution >= 0.6 is 0 Å². The molecule has 1 saturated heterocycles. The summed E-state index contributed by atoms with van der Waals surface area (Å²) in [5.74, 6) is 1.91. The quantitative estimate of drug-likeness (QED) is 0.802. The Bertz CT molecular complexity index is 372. The zero-order valence-electron chi connectivity index (χ0n) is 15.6. The second-order valence-corrected chi connectivity index (χ2v) is 8.61. The summed E-state index contributed by atoms with van der Waals surface area (Å²) in [4.78, 5) is 15.4. The number of likely N-dealkylation sites (tertiary alicyclic amines) is 1. The summed E-state index contributed by atoms with van der Waals surface area (Å²) in [5, 5.41) is 3.34. The van der Waals surface area contributed by atoms with E-state index in [4.69, 9.17) is 0 Å². The Morgan fingerprint density at radius 1 is 0.750 bits per heavy atom. The normalized spacial score (nSPS) is 28.4. The highest BCUT2D eigenvalue weighted by Gasteiger charge is 2.30. The number of rotatable bonds is 5. The summed E-state index contributed by atoms with van der Waals surface area (Å²) < 4.78 is 0. The van der Waals surface area contributed by atoms with E-state index in [-0.39, 0.29) is 6.04 Å². The molecule has 24 heavy (non-hydrogen) atoms. The molecule has 1 amide bonds. The number of carbonyl (C=O) groups excluding carboxylic acids is 1. The van der Waals surface area contributed by atoms with E-state index >= 15 is 0 Å². The van der Waals surface area contributed by atoms with Crippen molar-refractivity contribution in [2.45, 2.75) is 95.9 Å². The molecule has 2 aliphatic carbocycles. The number of nitrogens with one attached hydrogen (secondary N) is 1. The van der Waals surface area contributed by atoms with Gasteiger partial charge in [0.05, 0.1) is 6.04 Å². The van der Waals surface area contributed by atoms with Crippen molar-refractivity contribution >= 4 is 5.91 Å². The molecular weight excluding hydrogens is 296 g/mol. The van der Waals surface area contributed by atoms with Crippen LogP contribution < -0.4 is 5.32 Å². The molecule has 0 aromatic rings. The van der Waals surface area contributed by atoms with Gasteiger partial charge in [0, 0.05) is 13.1 Å². The van der Waals surface area contributed by atoms with E-state index in [0.717, 1.165) is 31.3 Å². The topological polar surface area (TPSA) is 32.3 Å². The molecule has 1 heterocycles. The highest BCUT2D eigenvalue weighted by atomic mass is 16.2. The first kappa shape index (κ1) is 18.2. The lowest BCUT2D eigenvalue weighted by atomic mass is 9.88. The number of hydrogen-bond acceptors (Lipinski definition) is 2. The number of hydrogen-bond donors (Lipinski definition) is 1. The Morgan fingerprint density at radius 2 is 1.33 bits per heavy atom. The van der Waals surface area contributed by atoms with Gasteiger partial charge in [-0.1, -0.05) is 51.4 Å². The molecule has 1 atom stereocenters. The van der Waals surface area contributed by atoms with Crippen LogP contribution in [0, 0.1) is 11.8 Å². The van der Waals surface area contributed by atoms with Gasteiger partial charge in [0.15, 0.2) is 0 Å². The third-order valence-corrected chi connectivity index (χ3v) is 6.67. The van der Waals surface area contributed by atoms with Gasteiger partial charge in [-0.15, -0.1) is 0 Å². The first-order valence-electron chi connectivity index (χ1n) is 10.8. The molecule has 3 aliphatic rings. The Labute approximate surface area is 148 Å². The smallest absolute Gasteiger partial charge is 0.237 e. The molecule has 1 unspecified atom stereocenters. The van der Waals surface area contributed by atoms with Crippen molar-refractivity contribution in [1.29, 1.82) is 0 Å². The molecule has 138 valence electrons. The maximum Gasteiger partial charge on any atom is 0.237 e. The van der Waals surface area contributed by atoms with Gasteiger partial charge in [-0.2, -0.15) is 0 Å². The van der Waals surface area contributed by atoms with Gasteiger partial charge >= 0.3 is 0 Å². The average molecular weight is 335 g/mol. The third kappa shape index (κ3) is 5.47. The van der Waals surface area contributed by atoms with Crippen molar-refractivity contribution in [3.63, 3.8) is 0 Å². The van der Waals surface area contributed by atoms with E-state index in [1.807, 2.05) is 0 Å². The highest BCUT2D eigenvalue weighted by molar-refractivity contribution is 5.81. The van der Waals surface area contributed by atoms with E-state index in [1.54, 1.807) is 0 Å². The minimum atomic E-state index is 0.151. The van der Waals surface area contributed by atoms with Crippen LogP contribution in [0.25, 0.3) is 0 Å². The fraction of sp³-hybridized carbons (Fsp3) is 0.952. The van der Waals surface area contributed by atoms with Gasteiger partial charge in [-0.3, -0.25) is 9.69 Å². The van der Waals surface area contributed by atoms with Crippen LogP contribution in [-0.4, -0.2) is 36.5 Å². The largest absolute Gasteiger partial charge is 0.354 e. The molecule has 1 N–H and O–H groups in total. The minimum absolute atomic E-state index is 0.151. The standard InChI is InChI=1S/C21H38N2O/c24-21(22-16-18-10-4-1-5-11-18)20-14-8-3-9-15-23(20)17-19-12-6-2-7-13-19/h18-20H,1-17H2,(H,22,24). The van der Waals surface area contributed by atoms with Crippen molar-refractivity contribution in [3.8, 4) is 0 Å². The molecule has 0 bridgehead atoms. The summed E-state index contributed by atoms with van der Waals surface area (Å²) >= 11 is 0. The van der Waals surface area contributed by atoms with Crippen molar-refractivity contribution in [2.24, 2.45) is 11.8 Å². The van der Waals surface area contributed by atoms with Gasteiger partial charge in [-0.05, 0) is 56.9 Å². The van der Waals surface area contributed by atoms with E-state index in [0.29, 0.717) is 5.91 Å². The summed E-state index contributed by atoms with van der Waals surface area (Å²) in [7, 11) is 0. The molecule has 0 aromatic carbocycles. The zero-order valence-corrected chi connectivity index (χ0v) is 15.6. The molecule has 1 aliphatic heterocycles. The lowest BCUT2D eigenvalue weighted by Crippen LogP contribution is -2.49. The molecule has 3 fully saturated rings. The maximum atomic E-state index is 12.9. The average Bonchev–Trinajstić information content (AvgIpc) is 2.87. The Hall–Kier alpha value is -0.570. The molecule has 2 saturated carbocycles. The second-order valence-electron chi connectivity index (χ2n) is 8.61.